The van der Waals surface area contributed by atoms with Gasteiger partial charge in [-0.1, -0.05) is 42.5 Å². The van der Waals surface area contributed by atoms with Crippen LogP contribution in [0.5, 0.6) is 0 Å². The Kier molecular flexibility index (Phi) is 3.83. The van der Waals surface area contributed by atoms with Crippen LogP contribution in [0.2, 0.25) is 0 Å². The third kappa shape index (κ3) is 2.75. The van der Waals surface area contributed by atoms with Crippen LogP contribution in [0.15, 0.2) is 54.6 Å². The molecular formula is C18H20FN. The molecule has 0 atom stereocenters. The van der Waals surface area contributed by atoms with Gasteiger partial charge in [0.25, 0.3) is 0 Å². The van der Waals surface area contributed by atoms with Crippen molar-refractivity contribution in [1.29, 1.82) is 0 Å². The molecular weight excluding hydrogens is 249 g/mol. The maximum Gasteiger partial charge on any atom is 0.123 e. The lowest BCUT2D eigenvalue weighted by atomic mass is 9.71. The molecule has 0 radical (unpaired) electrons. The smallest absolute Gasteiger partial charge is 0.123 e. The van der Waals surface area contributed by atoms with Crippen LogP contribution in [-0.4, -0.2) is 13.1 Å². The molecule has 0 aromatic heterocycles. The number of benzene rings is 2. The Morgan fingerprint density at radius 2 is 1.65 bits per heavy atom. The summed E-state index contributed by atoms with van der Waals surface area (Å²) in [6.07, 6.45) is 3.44. The summed E-state index contributed by atoms with van der Waals surface area (Å²) in [6, 6.07) is 17.6. The van der Waals surface area contributed by atoms with Crippen molar-refractivity contribution in [1.82, 2.24) is 5.32 Å². The van der Waals surface area contributed by atoms with Gasteiger partial charge in [-0.25, -0.2) is 4.39 Å². The van der Waals surface area contributed by atoms with Crippen LogP contribution < -0.4 is 5.32 Å². The van der Waals surface area contributed by atoms with Crippen LogP contribution in [-0.2, 0) is 11.8 Å². The summed E-state index contributed by atoms with van der Waals surface area (Å²) < 4.78 is 13.1. The maximum absolute atomic E-state index is 13.1. The van der Waals surface area contributed by atoms with E-state index in [1.54, 1.807) is 12.1 Å². The van der Waals surface area contributed by atoms with Crippen molar-refractivity contribution in [3.05, 3.63) is 71.5 Å². The first-order valence-corrected chi connectivity index (χ1v) is 7.29. The molecule has 0 saturated carbocycles. The van der Waals surface area contributed by atoms with Crippen molar-refractivity contribution < 1.29 is 4.39 Å². The summed E-state index contributed by atoms with van der Waals surface area (Å²) in [5.74, 6) is -0.152. The Bertz CT molecular complexity index is 543. The zero-order valence-electron chi connectivity index (χ0n) is 11.6. The molecule has 1 heterocycles. The quantitative estimate of drug-likeness (QED) is 0.873. The molecule has 0 spiro atoms. The van der Waals surface area contributed by atoms with Gasteiger partial charge in [0.1, 0.15) is 5.82 Å². The molecule has 104 valence electrons. The fourth-order valence-corrected chi connectivity index (χ4v) is 3.03. The lowest BCUT2D eigenvalue weighted by Gasteiger charge is -2.43. The van der Waals surface area contributed by atoms with E-state index in [4.69, 9.17) is 0 Å². The van der Waals surface area contributed by atoms with Crippen LogP contribution in [0.4, 0.5) is 4.39 Å². The summed E-state index contributed by atoms with van der Waals surface area (Å²) in [4.78, 5) is 0. The molecule has 2 heteroatoms. The summed E-state index contributed by atoms with van der Waals surface area (Å²) in [7, 11) is 0. The first-order chi connectivity index (χ1) is 9.78. The Labute approximate surface area is 119 Å². The summed E-state index contributed by atoms with van der Waals surface area (Å²) in [6.45, 7) is 2.01. The van der Waals surface area contributed by atoms with Crippen molar-refractivity contribution in [2.45, 2.75) is 24.7 Å². The third-order valence-electron chi connectivity index (χ3n) is 4.35. The molecule has 1 fully saturated rings. The lowest BCUT2D eigenvalue weighted by Crippen LogP contribution is -2.56. The molecule has 0 bridgehead atoms. The van der Waals surface area contributed by atoms with Crippen molar-refractivity contribution >= 4 is 0 Å². The number of hydrogen-bond donors (Lipinski definition) is 1. The van der Waals surface area contributed by atoms with Gasteiger partial charge in [-0.05, 0) is 42.5 Å². The van der Waals surface area contributed by atoms with Gasteiger partial charge in [0.15, 0.2) is 0 Å². The monoisotopic (exact) mass is 269 g/mol. The number of nitrogens with one attached hydrogen (secondary N) is 1. The van der Waals surface area contributed by atoms with E-state index in [9.17, 15) is 4.39 Å². The van der Waals surface area contributed by atoms with Gasteiger partial charge in [0.05, 0.1) is 0 Å². The van der Waals surface area contributed by atoms with Crippen LogP contribution in [0.3, 0.4) is 0 Å². The summed E-state index contributed by atoms with van der Waals surface area (Å²) >= 11 is 0. The van der Waals surface area contributed by atoms with Crippen molar-refractivity contribution in [2.24, 2.45) is 0 Å². The van der Waals surface area contributed by atoms with Gasteiger partial charge in [0, 0.05) is 18.5 Å². The second kappa shape index (κ2) is 5.76. The fraction of sp³-hybridized carbons (Fsp3) is 0.333. The van der Waals surface area contributed by atoms with E-state index < -0.39 is 0 Å². The van der Waals surface area contributed by atoms with Crippen LogP contribution in [0.25, 0.3) is 0 Å². The van der Waals surface area contributed by atoms with Crippen LogP contribution >= 0.6 is 0 Å². The van der Waals surface area contributed by atoms with Crippen molar-refractivity contribution in [2.75, 3.05) is 13.1 Å². The molecule has 1 saturated heterocycles. The Hall–Kier alpha value is -1.67. The van der Waals surface area contributed by atoms with E-state index in [1.807, 2.05) is 12.1 Å². The molecule has 1 aliphatic rings. The molecule has 2 aromatic carbocycles. The number of hydrogen-bond acceptors (Lipinski definition) is 1. The van der Waals surface area contributed by atoms with Gasteiger partial charge in [0.2, 0.25) is 0 Å². The predicted octanol–water partition coefficient (Wildman–Crippen LogP) is 3.69. The van der Waals surface area contributed by atoms with Crippen LogP contribution in [0.1, 0.15) is 24.0 Å². The Morgan fingerprint density at radius 3 is 2.25 bits per heavy atom. The molecule has 3 rings (SSSR count). The van der Waals surface area contributed by atoms with Crippen molar-refractivity contribution in [3.63, 3.8) is 0 Å². The minimum Gasteiger partial charge on any atom is -0.315 e. The average molecular weight is 269 g/mol. The third-order valence-corrected chi connectivity index (χ3v) is 4.35. The van der Waals surface area contributed by atoms with Gasteiger partial charge in [-0.3, -0.25) is 0 Å². The van der Waals surface area contributed by atoms with Gasteiger partial charge < -0.3 is 5.32 Å². The number of rotatable bonds is 5. The molecule has 20 heavy (non-hydrogen) atoms. The highest BCUT2D eigenvalue weighted by Gasteiger charge is 2.37. The van der Waals surface area contributed by atoms with E-state index in [0.29, 0.717) is 0 Å². The molecule has 0 unspecified atom stereocenters. The van der Waals surface area contributed by atoms with Gasteiger partial charge in [-0.2, -0.15) is 0 Å². The fourth-order valence-electron chi connectivity index (χ4n) is 3.03. The van der Waals surface area contributed by atoms with Crippen LogP contribution in [0, 0.1) is 5.82 Å². The Balaban J connectivity index is 1.63. The largest absolute Gasteiger partial charge is 0.315 e. The molecule has 1 nitrogen and oxygen atoms in total. The zero-order valence-corrected chi connectivity index (χ0v) is 11.6. The number of halogens is 1. The SMILES string of the molecule is Fc1ccc(C2(CCCc3ccccc3)CNC2)cc1. The zero-order chi connectivity index (χ0) is 13.8. The van der Waals surface area contributed by atoms with E-state index in [2.05, 4.69) is 35.6 Å². The number of aryl methyl sites for hydroxylation is 1. The lowest BCUT2D eigenvalue weighted by molar-refractivity contribution is 0.252. The van der Waals surface area contributed by atoms with E-state index in [1.165, 1.54) is 17.5 Å². The van der Waals surface area contributed by atoms with Gasteiger partial charge in [-0.15, -0.1) is 0 Å². The minimum absolute atomic E-state index is 0.152. The molecule has 2 aromatic rings. The summed E-state index contributed by atoms with van der Waals surface area (Å²) in [5, 5.41) is 3.37. The highest BCUT2D eigenvalue weighted by atomic mass is 19.1. The predicted molar refractivity (Wildman–Crippen MR) is 80.3 cm³/mol. The van der Waals surface area contributed by atoms with E-state index in [0.717, 1.165) is 25.9 Å². The second-order valence-corrected chi connectivity index (χ2v) is 5.73. The van der Waals surface area contributed by atoms with E-state index >= 15 is 0 Å². The standard InChI is InChI=1S/C18H20FN/c19-17-10-8-16(9-11-17)18(13-20-14-18)12-4-7-15-5-2-1-3-6-15/h1-3,5-6,8-11,20H,4,7,12-14H2. The molecule has 0 aliphatic carbocycles. The molecule has 1 N–H and O–H groups in total. The summed E-state index contributed by atoms with van der Waals surface area (Å²) in [5.41, 5.74) is 2.88. The highest BCUT2D eigenvalue weighted by molar-refractivity contribution is 5.30. The molecule has 0 amide bonds. The second-order valence-electron chi connectivity index (χ2n) is 5.73. The average Bonchev–Trinajstić information content (AvgIpc) is 2.44. The minimum atomic E-state index is -0.152. The highest BCUT2D eigenvalue weighted by Crippen LogP contribution is 2.34. The first kappa shape index (κ1) is 13.3. The van der Waals surface area contributed by atoms with Crippen molar-refractivity contribution in [3.8, 4) is 0 Å². The maximum atomic E-state index is 13.1. The molecule has 1 aliphatic heterocycles. The van der Waals surface area contributed by atoms with E-state index in [-0.39, 0.29) is 11.2 Å². The Morgan fingerprint density at radius 1 is 0.950 bits per heavy atom. The van der Waals surface area contributed by atoms with Gasteiger partial charge >= 0.3 is 0 Å². The topological polar surface area (TPSA) is 12.0 Å². The normalized spacial score (nSPS) is 16.6. The first-order valence-electron chi connectivity index (χ1n) is 7.29.